The van der Waals surface area contributed by atoms with Crippen LogP contribution in [-0.4, -0.2) is 38.6 Å². The average molecular weight is 452 g/mol. The van der Waals surface area contributed by atoms with Gasteiger partial charge in [0.1, 0.15) is 11.5 Å². The lowest BCUT2D eigenvalue weighted by Gasteiger charge is -2.41. The Morgan fingerprint density at radius 2 is 1.79 bits per heavy atom. The van der Waals surface area contributed by atoms with Gasteiger partial charge in [-0.1, -0.05) is 25.0 Å². The van der Waals surface area contributed by atoms with E-state index in [1.165, 1.54) is 6.42 Å². The van der Waals surface area contributed by atoms with Gasteiger partial charge >= 0.3 is 0 Å². The highest BCUT2D eigenvalue weighted by atomic mass is 16.5. The molecular weight excluding hydrogens is 418 g/mol. The molecule has 176 valence electrons. The molecule has 3 N–H and O–H groups in total. The monoisotopic (exact) mass is 451 g/mol. The maximum atomic E-state index is 12.8. The second-order valence-electron chi connectivity index (χ2n) is 8.93. The van der Waals surface area contributed by atoms with Gasteiger partial charge in [-0.2, -0.15) is 0 Å². The molecule has 0 radical (unpaired) electrons. The van der Waals surface area contributed by atoms with Crippen LogP contribution in [0.4, 0.5) is 0 Å². The third-order valence-electron chi connectivity index (χ3n) is 6.81. The summed E-state index contributed by atoms with van der Waals surface area (Å²) >= 11 is 0. The first-order chi connectivity index (χ1) is 16.1. The van der Waals surface area contributed by atoms with Crippen LogP contribution < -0.4 is 25.6 Å². The van der Waals surface area contributed by atoms with Gasteiger partial charge in [-0.25, -0.2) is 5.43 Å². The standard InChI is InChI=1S/C26H33N3O4/c1-32-20-13-18(14-21(16-20)33-2)10-11-27-25(30)19-7-5-6-17(12-19)15-24-22-8-3-4-9-23(22)26(31)29-28-24/h5-7,12-14,16,22-24,28H,3-4,8-11,15H2,1-2H3,(H,27,30)(H,29,31). The predicted molar refractivity (Wildman–Crippen MR) is 126 cm³/mol. The number of hydrogen-bond acceptors (Lipinski definition) is 5. The van der Waals surface area contributed by atoms with E-state index in [1.807, 2.05) is 36.4 Å². The molecule has 2 aliphatic rings. The molecule has 2 aromatic carbocycles. The highest BCUT2D eigenvalue weighted by Gasteiger charge is 2.39. The third kappa shape index (κ3) is 5.66. The molecule has 1 aliphatic heterocycles. The van der Waals surface area contributed by atoms with Crippen LogP contribution in [0.2, 0.25) is 0 Å². The van der Waals surface area contributed by atoms with Crippen molar-refractivity contribution in [2.24, 2.45) is 11.8 Å². The summed E-state index contributed by atoms with van der Waals surface area (Å²) in [5.41, 5.74) is 8.86. The Morgan fingerprint density at radius 1 is 1.03 bits per heavy atom. The van der Waals surface area contributed by atoms with E-state index in [9.17, 15) is 9.59 Å². The molecular formula is C26H33N3O4. The molecule has 2 aromatic rings. The first-order valence-corrected chi connectivity index (χ1v) is 11.7. The molecule has 0 aromatic heterocycles. The lowest BCUT2D eigenvalue weighted by Crippen LogP contribution is -2.60. The van der Waals surface area contributed by atoms with Crippen molar-refractivity contribution < 1.29 is 19.1 Å². The molecule has 4 rings (SSSR count). The van der Waals surface area contributed by atoms with Crippen molar-refractivity contribution in [3.05, 3.63) is 59.2 Å². The van der Waals surface area contributed by atoms with E-state index >= 15 is 0 Å². The molecule has 2 fully saturated rings. The Bertz CT molecular complexity index is 971. The maximum absolute atomic E-state index is 12.8. The van der Waals surface area contributed by atoms with Gasteiger partial charge in [0, 0.05) is 30.1 Å². The van der Waals surface area contributed by atoms with Crippen LogP contribution >= 0.6 is 0 Å². The molecule has 33 heavy (non-hydrogen) atoms. The van der Waals surface area contributed by atoms with E-state index in [1.54, 1.807) is 14.2 Å². The van der Waals surface area contributed by atoms with Gasteiger partial charge in [-0.3, -0.25) is 15.0 Å². The average Bonchev–Trinajstić information content (AvgIpc) is 2.85. The van der Waals surface area contributed by atoms with Crippen molar-refractivity contribution >= 4 is 11.8 Å². The summed E-state index contributed by atoms with van der Waals surface area (Å²) in [6.45, 7) is 0.513. The maximum Gasteiger partial charge on any atom is 0.251 e. The van der Waals surface area contributed by atoms with Crippen LogP contribution in [0.25, 0.3) is 0 Å². The minimum absolute atomic E-state index is 0.0906. The zero-order valence-electron chi connectivity index (χ0n) is 19.4. The summed E-state index contributed by atoms with van der Waals surface area (Å²) in [5.74, 6) is 1.95. The zero-order valence-corrected chi connectivity index (χ0v) is 19.4. The van der Waals surface area contributed by atoms with Gasteiger partial charge in [-0.15, -0.1) is 0 Å². The van der Waals surface area contributed by atoms with Gasteiger partial charge in [-0.05, 0) is 67.0 Å². The van der Waals surface area contributed by atoms with Gasteiger partial charge in [0.25, 0.3) is 5.91 Å². The van der Waals surface area contributed by atoms with Crippen molar-refractivity contribution in [3.63, 3.8) is 0 Å². The molecule has 1 heterocycles. The molecule has 2 amide bonds. The fourth-order valence-corrected chi connectivity index (χ4v) is 5.06. The molecule has 1 saturated carbocycles. The molecule has 7 heteroatoms. The Kier molecular flexibility index (Phi) is 7.50. The smallest absolute Gasteiger partial charge is 0.251 e. The lowest BCUT2D eigenvalue weighted by atomic mass is 9.72. The Hall–Kier alpha value is -3.06. The molecule has 0 spiro atoms. The minimum atomic E-state index is -0.0906. The van der Waals surface area contributed by atoms with Crippen LogP contribution in [0.1, 0.15) is 47.2 Å². The number of methoxy groups -OCH3 is 2. The molecule has 0 bridgehead atoms. The number of carbonyl (C=O) groups excluding carboxylic acids is 2. The van der Waals surface area contributed by atoms with Crippen LogP contribution in [0.5, 0.6) is 11.5 Å². The SMILES string of the molecule is COc1cc(CCNC(=O)c2cccc(CC3NNC(=O)C4CCCCC34)c2)cc(OC)c1. The van der Waals surface area contributed by atoms with E-state index in [0.29, 0.717) is 24.4 Å². The molecule has 3 atom stereocenters. The van der Waals surface area contributed by atoms with E-state index in [-0.39, 0.29) is 23.8 Å². The quantitative estimate of drug-likeness (QED) is 0.574. The number of hydrazine groups is 1. The summed E-state index contributed by atoms with van der Waals surface area (Å²) < 4.78 is 10.6. The summed E-state index contributed by atoms with van der Waals surface area (Å²) in [7, 11) is 3.25. The Morgan fingerprint density at radius 3 is 2.55 bits per heavy atom. The van der Waals surface area contributed by atoms with Crippen molar-refractivity contribution in [2.75, 3.05) is 20.8 Å². The molecule has 3 unspecified atom stereocenters. The van der Waals surface area contributed by atoms with Gasteiger partial charge < -0.3 is 14.8 Å². The van der Waals surface area contributed by atoms with Crippen LogP contribution in [0.15, 0.2) is 42.5 Å². The molecule has 1 aliphatic carbocycles. The topological polar surface area (TPSA) is 88.7 Å². The minimum Gasteiger partial charge on any atom is -0.497 e. The second kappa shape index (κ2) is 10.7. The van der Waals surface area contributed by atoms with E-state index in [0.717, 1.165) is 48.3 Å². The Balaban J connectivity index is 1.35. The van der Waals surface area contributed by atoms with E-state index < -0.39 is 0 Å². The number of ether oxygens (including phenoxy) is 2. The summed E-state index contributed by atoms with van der Waals surface area (Å²) in [5, 5.41) is 3.01. The summed E-state index contributed by atoms with van der Waals surface area (Å²) in [6, 6.07) is 13.7. The fraction of sp³-hybridized carbons (Fsp3) is 0.462. The number of carbonyl (C=O) groups is 2. The number of amides is 2. The fourth-order valence-electron chi connectivity index (χ4n) is 5.06. The van der Waals surface area contributed by atoms with Crippen LogP contribution in [0.3, 0.4) is 0 Å². The predicted octanol–water partition coefficient (Wildman–Crippen LogP) is 3.03. The van der Waals surface area contributed by atoms with Crippen molar-refractivity contribution in [3.8, 4) is 11.5 Å². The highest BCUT2D eigenvalue weighted by molar-refractivity contribution is 5.94. The number of rotatable bonds is 8. The number of benzene rings is 2. The Labute approximate surface area is 195 Å². The van der Waals surface area contributed by atoms with E-state index in [4.69, 9.17) is 9.47 Å². The normalized spacial score (nSPS) is 22.1. The van der Waals surface area contributed by atoms with E-state index in [2.05, 4.69) is 22.2 Å². The molecule has 1 saturated heterocycles. The van der Waals surface area contributed by atoms with Gasteiger partial charge in [0.2, 0.25) is 5.91 Å². The number of hydrogen-bond donors (Lipinski definition) is 3. The first kappa shape index (κ1) is 23.1. The summed E-state index contributed by atoms with van der Waals surface area (Å²) in [6.07, 6.45) is 5.80. The first-order valence-electron chi connectivity index (χ1n) is 11.7. The lowest BCUT2D eigenvalue weighted by molar-refractivity contribution is -0.133. The van der Waals surface area contributed by atoms with Crippen LogP contribution in [-0.2, 0) is 17.6 Å². The van der Waals surface area contributed by atoms with Gasteiger partial charge in [0.15, 0.2) is 0 Å². The highest BCUT2D eigenvalue weighted by Crippen LogP contribution is 2.35. The largest absolute Gasteiger partial charge is 0.497 e. The zero-order chi connectivity index (χ0) is 23.2. The third-order valence-corrected chi connectivity index (χ3v) is 6.81. The van der Waals surface area contributed by atoms with Crippen molar-refractivity contribution in [1.82, 2.24) is 16.2 Å². The van der Waals surface area contributed by atoms with Crippen molar-refractivity contribution in [2.45, 2.75) is 44.6 Å². The second-order valence-corrected chi connectivity index (χ2v) is 8.93. The van der Waals surface area contributed by atoms with Crippen molar-refractivity contribution in [1.29, 1.82) is 0 Å². The number of nitrogens with one attached hydrogen (secondary N) is 3. The molecule has 7 nitrogen and oxygen atoms in total. The summed E-state index contributed by atoms with van der Waals surface area (Å²) in [4.78, 5) is 25.0. The number of fused-ring (bicyclic) bond motifs is 1. The van der Waals surface area contributed by atoms with Crippen LogP contribution in [0, 0.1) is 11.8 Å². The van der Waals surface area contributed by atoms with Gasteiger partial charge in [0.05, 0.1) is 14.2 Å².